The number of carbonyl (C=O) groups is 6. The van der Waals surface area contributed by atoms with Crippen LogP contribution in [0.4, 0.5) is 4.79 Å². The average molecular weight is 464 g/mol. The molecule has 0 aliphatic carbocycles. The molecule has 0 radical (unpaired) electrons. The number of aliphatic carboxylic acids is 5. The second-order valence-corrected chi connectivity index (χ2v) is 4.14. The fourth-order valence-corrected chi connectivity index (χ4v) is 0.955. The standard InChI is InChI=1S/C6H8O7.C4H6O5.CH2O3.2Ca/c7-3(8)1-6(13,5(11)12)2-4(9)10;5-2(4(8)9)1-3(6)7;2-1(3)4;;/h13H,1-2H2,(H,7,8)(H,9,10)(H,11,12);2,5H,1H2,(H,6,7)(H,8,9);(H2,2,3,4);;/q;;;2*+2/p-4. The first-order valence-corrected chi connectivity index (χ1v) is 5.91. The van der Waals surface area contributed by atoms with E-state index in [-0.39, 0.29) is 75.5 Å². The maximum Gasteiger partial charge on any atom is 2.00 e. The van der Waals surface area contributed by atoms with E-state index in [0.717, 1.165) is 0 Å². The number of rotatable bonds is 8. The molecule has 5 N–H and O–H groups in total. The van der Waals surface area contributed by atoms with Crippen molar-refractivity contribution in [3.8, 4) is 0 Å². The zero-order valence-corrected chi connectivity index (χ0v) is 18.3. The van der Waals surface area contributed by atoms with Crippen LogP contribution < -0.4 is 20.4 Å². The van der Waals surface area contributed by atoms with Crippen LogP contribution in [-0.4, -0.2) is 149 Å². The van der Waals surface area contributed by atoms with Gasteiger partial charge in [-0.05, 0) is 6.16 Å². The molecule has 0 aliphatic rings. The van der Waals surface area contributed by atoms with Gasteiger partial charge in [0.1, 0.15) is 0 Å². The molecule has 0 spiro atoms. The summed E-state index contributed by atoms with van der Waals surface area (Å²) in [6.07, 6.45) is -7.51. The molecular formula is C11H12Ca2O15. The number of carboxylic acid groups (broad SMARTS) is 7. The molecule has 0 heterocycles. The topological polar surface area (TPSA) is 296 Å². The Hall–Kier alpha value is -0.941. The Morgan fingerprint density at radius 2 is 1.07 bits per heavy atom. The summed E-state index contributed by atoms with van der Waals surface area (Å²) in [5.41, 5.74) is -2.74. The molecule has 0 aromatic carbocycles. The molecule has 15 nitrogen and oxygen atoms in total. The largest absolute Gasteiger partial charge is 2.00 e. The summed E-state index contributed by atoms with van der Waals surface area (Å²) in [5, 5.41) is 77.8. The van der Waals surface area contributed by atoms with Crippen molar-refractivity contribution < 1.29 is 74.7 Å². The van der Waals surface area contributed by atoms with Crippen molar-refractivity contribution in [3.05, 3.63) is 0 Å². The summed E-state index contributed by atoms with van der Waals surface area (Å²) in [4.78, 5) is 58.0. The number of hydrogen-bond acceptors (Lipinski definition) is 12. The summed E-state index contributed by atoms with van der Waals surface area (Å²) in [6, 6.07) is 0. The molecule has 0 saturated carbocycles. The van der Waals surface area contributed by atoms with E-state index in [4.69, 9.17) is 40.5 Å². The Morgan fingerprint density at radius 3 is 1.18 bits per heavy atom. The predicted octanol–water partition coefficient (Wildman–Crippen LogP) is -8.22. The Labute approximate surface area is 215 Å². The van der Waals surface area contributed by atoms with E-state index in [2.05, 4.69) is 0 Å². The molecule has 1 atom stereocenters. The molecule has 28 heavy (non-hydrogen) atoms. The van der Waals surface area contributed by atoms with Crippen LogP contribution in [0.3, 0.4) is 0 Å². The summed E-state index contributed by atoms with van der Waals surface area (Å²) in [7, 11) is 0. The maximum absolute atomic E-state index is 10.3. The molecule has 0 bridgehead atoms. The van der Waals surface area contributed by atoms with Gasteiger partial charge in [-0.3, -0.25) is 9.59 Å². The van der Waals surface area contributed by atoms with Crippen LogP contribution in [0.5, 0.6) is 0 Å². The van der Waals surface area contributed by atoms with Crippen LogP contribution in [0.15, 0.2) is 0 Å². The quantitative estimate of drug-likeness (QED) is 0.208. The van der Waals surface area contributed by atoms with Gasteiger partial charge in [-0.15, -0.1) is 0 Å². The predicted molar refractivity (Wildman–Crippen MR) is 74.6 cm³/mol. The second kappa shape index (κ2) is 19.4. The minimum absolute atomic E-state index is 0. The first-order chi connectivity index (χ1) is 11.5. The third-order valence-electron chi connectivity index (χ3n) is 1.92. The zero-order chi connectivity index (χ0) is 21.7. The Morgan fingerprint density at radius 1 is 0.786 bits per heavy atom. The molecule has 0 rings (SSSR count). The molecule has 17 heteroatoms. The van der Waals surface area contributed by atoms with Gasteiger partial charge < -0.3 is 60.3 Å². The van der Waals surface area contributed by atoms with E-state index in [1.54, 1.807) is 0 Å². The molecular weight excluding hydrogens is 452 g/mol. The van der Waals surface area contributed by atoms with Gasteiger partial charge in [0.2, 0.25) is 0 Å². The van der Waals surface area contributed by atoms with Crippen LogP contribution in [0, 0.1) is 0 Å². The van der Waals surface area contributed by atoms with Gasteiger partial charge in [0.15, 0.2) is 5.60 Å². The van der Waals surface area contributed by atoms with Crippen molar-refractivity contribution in [2.24, 2.45) is 0 Å². The summed E-state index contributed by atoms with van der Waals surface area (Å²) in [6.45, 7) is 0. The first-order valence-electron chi connectivity index (χ1n) is 5.91. The molecule has 0 saturated heterocycles. The third-order valence-corrected chi connectivity index (χ3v) is 1.92. The molecule has 0 aromatic rings. The average Bonchev–Trinajstić information content (AvgIpc) is 2.35. The number of aliphatic hydroxyl groups is 2. The monoisotopic (exact) mass is 464 g/mol. The van der Waals surface area contributed by atoms with Crippen LogP contribution in [0.25, 0.3) is 0 Å². The Kier molecular flexibility index (Phi) is 26.1. The summed E-state index contributed by atoms with van der Waals surface area (Å²) in [5.74, 6) is -8.44. The number of carboxylic acids is 5. The Bertz CT molecular complexity index is 526. The molecule has 150 valence electrons. The van der Waals surface area contributed by atoms with Gasteiger partial charge in [0, 0.05) is 12.4 Å². The normalized spacial score (nSPS) is 9.93. The SMILES string of the molecule is O=C(O)CC(O)(CC(=O)O)C(=O)O.O=C([O-])CC(O)C(=O)[O-].O=C([O-])[O-].[Ca+2].[Ca+2]. The number of carbonyl (C=O) groups excluding carboxylic acids is 3. The molecule has 0 fully saturated rings. The minimum atomic E-state index is -2.74. The van der Waals surface area contributed by atoms with Crippen molar-refractivity contribution >= 4 is 111 Å². The van der Waals surface area contributed by atoms with E-state index in [1.807, 2.05) is 0 Å². The minimum Gasteiger partial charge on any atom is -0.652 e. The van der Waals surface area contributed by atoms with Gasteiger partial charge >= 0.3 is 93.4 Å². The molecule has 0 aliphatic heterocycles. The van der Waals surface area contributed by atoms with Gasteiger partial charge in [-0.2, -0.15) is 0 Å². The van der Waals surface area contributed by atoms with E-state index in [0.29, 0.717) is 0 Å². The van der Waals surface area contributed by atoms with E-state index in [9.17, 15) is 34.2 Å². The van der Waals surface area contributed by atoms with Crippen molar-refractivity contribution in [2.45, 2.75) is 31.0 Å². The van der Waals surface area contributed by atoms with E-state index in [1.165, 1.54) is 0 Å². The maximum atomic E-state index is 10.3. The third kappa shape index (κ3) is 27.3. The Balaban J connectivity index is -0.000000103. The van der Waals surface area contributed by atoms with Crippen molar-refractivity contribution in [1.82, 2.24) is 0 Å². The van der Waals surface area contributed by atoms with Gasteiger partial charge in [-0.1, -0.05) is 0 Å². The van der Waals surface area contributed by atoms with Crippen molar-refractivity contribution in [2.75, 3.05) is 0 Å². The fraction of sp³-hybridized carbons (Fsp3) is 0.455. The van der Waals surface area contributed by atoms with E-state index >= 15 is 0 Å². The van der Waals surface area contributed by atoms with Crippen LogP contribution in [0.1, 0.15) is 19.3 Å². The van der Waals surface area contributed by atoms with Crippen LogP contribution in [0.2, 0.25) is 0 Å². The van der Waals surface area contributed by atoms with Crippen LogP contribution in [-0.2, 0) is 24.0 Å². The van der Waals surface area contributed by atoms with Crippen molar-refractivity contribution in [3.63, 3.8) is 0 Å². The zero-order valence-electron chi connectivity index (χ0n) is 13.9. The van der Waals surface area contributed by atoms with Crippen LogP contribution >= 0.6 is 0 Å². The fourth-order valence-electron chi connectivity index (χ4n) is 0.955. The summed E-state index contributed by atoms with van der Waals surface area (Å²) < 4.78 is 0. The smallest absolute Gasteiger partial charge is 0.652 e. The molecule has 1 unspecified atom stereocenters. The van der Waals surface area contributed by atoms with Gasteiger partial charge in [-0.25, -0.2) is 4.79 Å². The summed E-state index contributed by atoms with van der Waals surface area (Å²) >= 11 is 0. The second-order valence-electron chi connectivity index (χ2n) is 4.14. The van der Waals surface area contributed by atoms with Gasteiger partial charge in [0.25, 0.3) is 0 Å². The van der Waals surface area contributed by atoms with Crippen molar-refractivity contribution in [1.29, 1.82) is 0 Å². The molecule has 0 aromatic heterocycles. The first kappa shape index (κ1) is 37.8. The number of hydrogen-bond donors (Lipinski definition) is 5. The van der Waals surface area contributed by atoms with E-state index < -0.39 is 67.0 Å². The van der Waals surface area contributed by atoms with Gasteiger partial charge in [0.05, 0.1) is 24.9 Å². The number of aliphatic hydroxyl groups excluding tert-OH is 1. The molecule has 0 amide bonds.